The molecular formula is C10H18N4O2S. The number of nitrogens with zero attached hydrogens (tertiary/aromatic N) is 2. The summed E-state index contributed by atoms with van der Waals surface area (Å²) in [4.78, 5) is 0. The first-order valence-corrected chi connectivity index (χ1v) is 7.29. The third-order valence-electron chi connectivity index (χ3n) is 2.95. The number of sulfonamides is 1. The number of rotatable bonds is 3. The van der Waals surface area contributed by atoms with Crippen molar-refractivity contribution in [3.8, 4) is 0 Å². The minimum absolute atomic E-state index is 0.0184. The maximum atomic E-state index is 12.1. The summed E-state index contributed by atoms with van der Waals surface area (Å²) in [6, 6.07) is 1.53. The molecule has 1 aromatic heterocycles. The lowest BCUT2D eigenvalue weighted by molar-refractivity contribution is 0.509. The van der Waals surface area contributed by atoms with E-state index in [-0.39, 0.29) is 11.1 Å². The van der Waals surface area contributed by atoms with Crippen LogP contribution in [0.1, 0.15) is 19.3 Å². The van der Waals surface area contributed by atoms with E-state index in [1.54, 1.807) is 7.05 Å². The van der Waals surface area contributed by atoms with Gasteiger partial charge >= 0.3 is 0 Å². The number of hydrogen-bond donors (Lipinski definition) is 2. The van der Waals surface area contributed by atoms with Gasteiger partial charge in [0, 0.05) is 13.1 Å². The highest BCUT2D eigenvalue weighted by Crippen LogP contribution is 2.11. The van der Waals surface area contributed by atoms with Crippen LogP contribution in [0.25, 0.3) is 0 Å². The lowest BCUT2D eigenvalue weighted by atomic mass is 10.1. The smallest absolute Gasteiger partial charge is 0.257 e. The van der Waals surface area contributed by atoms with Gasteiger partial charge in [0.25, 0.3) is 10.0 Å². The van der Waals surface area contributed by atoms with Crippen molar-refractivity contribution in [2.24, 2.45) is 7.05 Å². The van der Waals surface area contributed by atoms with Crippen LogP contribution in [-0.4, -0.2) is 37.3 Å². The minimum atomic E-state index is -3.44. The Balaban J connectivity index is 2.09. The fourth-order valence-corrected chi connectivity index (χ4v) is 3.47. The average molecular weight is 258 g/mol. The second kappa shape index (κ2) is 5.16. The summed E-state index contributed by atoms with van der Waals surface area (Å²) < 4.78 is 28.3. The summed E-state index contributed by atoms with van der Waals surface area (Å²) in [5, 5.41) is 7.35. The van der Waals surface area contributed by atoms with E-state index in [1.807, 2.05) is 0 Å². The zero-order valence-corrected chi connectivity index (χ0v) is 10.7. The molecule has 2 N–H and O–H groups in total. The van der Waals surface area contributed by atoms with Gasteiger partial charge in [0.15, 0.2) is 5.03 Å². The van der Waals surface area contributed by atoms with Gasteiger partial charge < -0.3 is 5.32 Å². The zero-order valence-electron chi connectivity index (χ0n) is 9.89. The minimum Gasteiger partial charge on any atom is -0.317 e. The molecule has 2 heterocycles. The largest absolute Gasteiger partial charge is 0.317 e. The molecule has 1 unspecified atom stereocenters. The fourth-order valence-electron chi connectivity index (χ4n) is 2.04. The Hall–Kier alpha value is -0.920. The molecule has 1 aliphatic heterocycles. The molecule has 0 saturated carbocycles. The van der Waals surface area contributed by atoms with Crippen LogP contribution in [-0.2, 0) is 17.1 Å². The summed E-state index contributed by atoms with van der Waals surface area (Å²) in [5.74, 6) is 0. The Morgan fingerprint density at radius 1 is 1.47 bits per heavy atom. The first-order chi connectivity index (χ1) is 8.09. The van der Waals surface area contributed by atoms with Gasteiger partial charge in [-0.05, 0) is 38.4 Å². The highest BCUT2D eigenvalue weighted by atomic mass is 32.2. The van der Waals surface area contributed by atoms with Gasteiger partial charge in [-0.3, -0.25) is 4.68 Å². The molecule has 2 rings (SSSR count). The summed E-state index contributed by atoms with van der Waals surface area (Å²) in [7, 11) is -1.81. The molecule has 96 valence electrons. The van der Waals surface area contributed by atoms with Gasteiger partial charge in [-0.1, -0.05) is 0 Å². The zero-order chi connectivity index (χ0) is 12.3. The van der Waals surface area contributed by atoms with Crippen molar-refractivity contribution in [2.75, 3.05) is 13.1 Å². The molecule has 1 aromatic rings. The third-order valence-corrected chi connectivity index (χ3v) is 4.54. The molecule has 1 atom stereocenters. The lowest BCUT2D eigenvalue weighted by Crippen LogP contribution is -2.36. The standard InChI is InChI=1S/C10H18N4O2S/c1-14-10(5-8-12-14)17(15,16)13-9-3-2-6-11-7-4-9/h5,8-9,11,13H,2-4,6-7H2,1H3. The number of aryl methyl sites for hydroxylation is 1. The number of nitrogens with one attached hydrogen (secondary N) is 2. The van der Waals surface area contributed by atoms with Crippen LogP contribution >= 0.6 is 0 Å². The van der Waals surface area contributed by atoms with Gasteiger partial charge in [0.05, 0.1) is 6.20 Å². The Labute approximate surface area is 101 Å². The highest BCUT2D eigenvalue weighted by molar-refractivity contribution is 7.89. The predicted octanol–water partition coefficient (Wildman–Crippen LogP) is -0.159. The van der Waals surface area contributed by atoms with Crippen LogP contribution in [0.3, 0.4) is 0 Å². The lowest BCUT2D eigenvalue weighted by Gasteiger charge is -2.15. The Kier molecular flexibility index (Phi) is 3.80. The Bertz CT molecular complexity index is 460. The van der Waals surface area contributed by atoms with Crippen molar-refractivity contribution in [1.29, 1.82) is 0 Å². The summed E-state index contributed by atoms with van der Waals surface area (Å²) in [5.41, 5.74) is 0. The first-order valence-electron chi connectivity index (χ1n) is 5.80. The van der Waals surface area contributed by atoms with Crippen LogP contribution in [0.15, 0.2) is 17.3 Å². The molecule has 0 aliphatic carbocycles. The second-order valence-corrected chi connectivity index (χ2v) is 5.95. The average Bonchev–Trinajstić information content (AvgIpc) is 2.55. The summed E-state index contributed by atoms with van der Waals surface area (Å²) in [6.45, 7) is 1.82. The SMILES string of the molecule is Cn1nccc1S(=O)(=O)NC1CCCNCC1. The predicted molar refractivity (Wildman–Crippen MR) is 64.0 cm³/mol. The molecule has 1 aliphatic rings. The summed E-state index contributed by atoms with van der Waals surface area (Å²) >= 11 is 0. The van der Waals surface area contributed by atoms with Crippen molar-refractivity contribution in [3.63, 3.8) is 0 Å². The van der Waals surface area contributed by atoms with Crippen LogP contribution < -0.4 is 10.0 Å². The normalized spacial score (nSPS) is 22.3. The molecule has 0 radical (unpaired) electrons. The third kappa shape index (κ3) is 3.05. The van der Waals surface area contributed by atoms with Gasteiger partial charge in [-0.25, -0.2) is 13.1 Å². The van der Waals surface area contributed by atoms with Crippen LogP contribution in [0.4, 0.5) is 0 Å². The van der Waals surface area contributed by atoms with Gasteiger partial charge in [0.1, 0.15) is 0 Å². The summed E-state index contributed by atoms with van der Waals surface area (Å²) in [6.07, 6.45) is 4.20. The first kappa shape index (κ1) is 12.5. The Morgan fingerprint density at radius 3 is 3.00 bits per heavy atom. The van der Waals surface area contributed by atoms with E-state index >= 15 is 0 Å². The highest BCUT2D eigenvalue weighted by Gasteiger charge is 2.23. The molecule has 1 fully saturated rings. The van der Waals surface area contributed by atoms with E-state index in [9.17, 15) is 8.42 Å². The Morgan fingerprint density at radius 2 is 2.29 bits per heavy atom. The molecule has 17 heavy (non-hydrogen) atoms. The van der Waals surface area contributed by atoms with E-state index in [0.717, 1.165) is 32.4 Å². The van der Waals surface area contributed by atoms with E-state index < -0.39 is 10.0 Å². The molecule has 0 aromatic carbocycles. The number of aromatic nitrogens is 2. The quantitative estimate of drug-likeness (QED) is 0.790. The second-order valence-electron chi connectivity index (χ2n) is 4.29. The molecular weight excluding hydrogens is 240 g/mol. The molecule has 6 nitrogen and oxygen atoms in total. The van der Waals surface area contributed by atoms with Crippen molar-refractivity contribution < 1.29 is 8.42 Å². The van der Waals surface area contributed by atoms with E-state index in [4.69, 9.17) is 0 Å². The monoisotopic (exact) mass is 258 g/mol. The molecule has 1 saturated heterocycles. The van der Waals surface area contributed by atoms with Gasteiger partial charge in [-0.2, -0.15) is 5.10 Å². The van der Waals surface area contributed by atoms with Gasteiger partial charge in [-0.15, -0.1) is 0 Å². The topological polar surface area (TPSA) is 76.0 Å². The van der Waals surface area contributed by atoms with Crippen molar-refractivity contribution in [3.05, 3.63) is 12.3 Å². The van der Waals surface area contributed by atoms with E-state index in [2.05, 4.69) is 15.1 Å². The van der Waals surface area contributed by atoms with E-state index in [1.165, 1.54) is 16.9 Å². The maximum absolute atomic E-state index is 12.1. The van der Waals surface area contributed by atoms with E-state index in [0.29, 0.717) is 0 Å². The molecule has 0 spiro atoms. The molecule has 7 heteroatoms. The van der Waals surface area contributed by atoms with Gasteiger partial charge in [0.2, 0.25) is 0 Å². The van der Waals surface area contributed by atoms with Crippen LogP contribution in [0.5, 0.6) is 0 Å². The number of hydrogen-bond acceptors (Lipinski definition) is 4. The molecule has 0 bridgehead atoms. The van der Waals surface area contributed by atoms with Crippen molar-refractivity contribution in [1.82, 2.24) is 19.8 Å². The van der Waals surface area contributed by atoms with Crippen molar-refractivity contribution >= 4 is 10.0 Å². The van der Waals surface area contributed by atoms with Crippen LogP contribution in [0, 0.1) is 0 Å². The molecule has 0 amide bonds. The van der Waals surface area contributed by atoms with Crippen molar-refractivity contribution in [2.45, 2.75) is 30.3 Å². The fraction of sp³-hybridized carbons (Fsp3) is 0.700. The van der Waals surface area contributed by atoms with Crippen LogP contribution in [0.2, 0.25) is 0 Å². The maximum Gasteiger partial charge on any atom is 0.257 e.